The van der Waals surface area contributed by atoms with E-state index in [1.54, 1.807) is 6.20 Å². The van der Waals surface area contributed by atoms with E-state index in [1.807, 2.05) is 0 Å². The van der Waals surface area contributed by atoms with Crippen LogP contribution in [0.15, 0.2) is 6.20 Å². The highest BCUT2D eigenvalue weighted by Gasteiger charge is 2.36. The van der Waals surface area contributed by atoms with Crippen LogP contribution < -0.4 is 9.64 Å². The fraction of sp³-hybridized carbons (Fsp3) is 0.625. The number of carbonyl (C=O) groups is 1. The molecule has 1 saturated heterocycles. The topological polar surface area (TPSA) is 51.7 Å². The molecule has 3 heterocycles. The van der Waals surface area contributed by atoms with Crippen LogP contribution in [0.4, 0.5) is 5.82 Å². The van der Waals surface area contributed by atoms with E-state index in [2.05, 4.69) is 30.7 Å². The van der Waals surface area contributed by atoms with Crippen molar-refractivity contribution in [1.29, 1.82) is 0 Å². The Bertz CT molecular complexity index is 557. The molecule has 2 aliphatic heterocycles. The second kappa shape index (κ2) is 5.30. The molecule has 0 N–H and O–H groups in total. The van der Waals surface area contributed by atoms with E-state index in [0.717, 1.165) is 36.4 Å². The van der Waals surface area contributed by atoms with Crippen molar-refractivity contribution in [3.63, 3.8) is 0 Å². The first-order chi connectivity index (χ1) is 10.0. The molecule has 0 bridgehead atoms. The van der Waals surface area contributed by atoms with Crippen molar-refractivity contribution < 1.29 is 14.3 Å². The van der Waals surface area contributed by atoms with Gasteiger partial charge in [-0.25, -0.2) is 4.98 Å². The van der Waals surface area contributed by atoms with Crippen LogP contribution in [0, 0.1) is 0 Å². The highest BCUT2D eigenvalue weighted by molar-refractivity contribution is 5.81. The van der Waals surface area contributed by atoms with Gasteiger partial charge in [-0.05, 0) is 18.8 Å². The number of carbonyl (C=O) groups excluding carboxylic acids is 1. The fourth-order valence-corrected chi connectivity index (χ4v) is 3.20. The molecular weight excluding hydrogens is 268 g/mol. The number of pyridine rings is 1. The van der Waals surface area contributed by atoms with E-state index >= 15 is 0 Å². The third kappa shape index (κ3) is 2.39. The van der Waals surface area contributed by atoms with Crippen molar-refractivity contribution in [2.75, 3.05) is 31.3 Å². The van der Waals surface area contributed by atoms with Crippen LogP contribution in [0.25, 0.3) is 0 Å². The zero-order valence-electron chi connectivity index (χ0n) is 12.9. The van der Waals surface area contributed by atoms with Crippen molar-refractivity contribution in [3.8, 4) is 5.75 Å². The number of hydrogen-bond donors (Lipinski definition) is 0. The van der Waals surface area contributed by atoms with Crippen LogP contribution in [0.3, 0.4) is 0 Å². The van der Waals surface area contributed by atoms with E-state index < -0.39 is 0 Å². The molecule has 5 heteroatoms. The molecule has 3 rings (SSSR count). The van der Waals surface area contributed by atoms with E-state index in [-0.39, 0.29) is 11.5 Å². The number of ether oxygens (including phenoxy) is 2. The Balaban J connectivity index is 2.13. The smallest absolute Gasteiger partial charge is 0.172 e. The lowest BCUT2D eigenvalue weighted by atomic mass is 9.78. The Labute approximate surface area is 125 Å². The predicted molar refractivity (Wildman–Crippen MR) is 80.4 cm³/mol. The predicted octanol–water partition coefficient (Wildman–Crippen LogP) is 2.18. The number of aromatic nitrogens is 1. The summed E-state index contributed by atoms with van der Waals surface area (Å²) < 4.78 is 11.4. The highest BCUT2D eigenvalue weighted by Crippen LogP contribution is 2.44. The summed E-state index contributed by atoms with van der Waals surface area (Å²) in [5.74, 6) is 1.63. The number of fused-ring (bicyclic) bond motifs is 1. The summed E-state index contributed by atoms with van der Waals surface area (Å²) in [6.07, 6.45) is 3.47. The lowest BCUT2D eigenvalue weighted by Crippen LogP contribution is -2.45. The molecule has 21 heavy (non-hydrogen) atoms. The lowest BCUT2D eigenvalue weighted by Gasteiger charge is -2.39. The molecule has 1 aromatic rings. The van der Waals surface area contributed by atoms with Crippen molar-refractivity contribution in [2.24, 2.45) is 0 Å². The SMILES string of the molecule is C[C@H]1COCCN1c1ncc(C=O)c2c1OCCC2(C)C. The van der Waals surface area contributed by atoms with Crippen LogP contribution >= 0.6 is 0 Å². The highest BCUT2D eigenvalue weighted by atomic mass is 16.5. The Kier molecular flexibility index (Phi) is 3.61. The first kappa shape index (κ1) is 14.3. The Hall–Kier alpha value is -1.62. The third-order valence-electron chi connectivity index (χ3n) is 4.46. The maximum absolute atomic E-state index is 11.4. The number of nitrogens with zero attached hydrogens (tertiary/aromatic N) is 2. The molecule has 0 radical (unpaired) electrons. The van der Waals surface area contributed by atoms with Gasteiger partial charge < -0.3 is 14.4 Å². The van der Waals surface area contributed by atoms with Crippen molar-refractivity contribution in [1.82, 2.24) is 4.98 Å². The van der Waals surface area contributed by atoms with Gasteiger partial charge in [-0.1, -0.05) is 13.8 Å². The number of anilines is 1. The van der Waals surface area contributed by atoms with Crippen LogP contribution in [0.5, 0.6) is 5.75 Å². The summed E-state index contributed by atoms with van der Waals surface area (Å²) in [6, 6.07) is 0.256. The molecule has 0 spiro atoms. The second-order valence-corrected chi connectivity index (χ2v) is 6.46. The molecule has 0 amide bonds. The maximum Gasteiger partial charge on any atom is 0.172 e. The normalized spacial score (nSPS) is 24.1. The van der Waals surface area contributed by atoms with E-state index in [1.165, 1.54) is 0 Å². The second-order valence-electron chi connectivity index (χ2n) is 6.46. The van der Waals surface area contributed by atoms with E-state index in [4.69, 9.17) is 9.47 Å². The summed E-state index contributed by atoms with van der Waals surface area (Å²) >= 11 is 0. The molecule has 0 saturated carbocycles. The van der Waals surface area contributed by atoms with Gasteiger partial charge in [0.05, 0.1) is 25.9 Å². The summed E-state index contributed by atoms with van der Waals surface area (Å²) in [5.41, 5.74) is 1.56. The number of rotatable bonds is 2. The number of hydrogen-bond acceptors (Lipinski definition) is 5. The zero-order valence-corrected chi connectivity index (χ0v) is 12.9. The molecule has 0 unspecified atom stereocenters. The van der Waals surface area contributed by atoms with Crippen LogP contribution in [0.1, 0.15) is 43.1 Å². The maximum atomic E-state index is 11.4. The molecule has 0 aromatic carbocycles. The summed E-state index contributed by atoms with van der Waals surface area (Å²) in [4.78, 5) is 18.1. The van der Waals surface area contributed by atoms with Crippen molar-refractivity contribution in [3.05, 3.63) is 17.3 Å². The summed E-state index contributed by atoms with van der Waals surface area (Å²) in [6.45, 7) is 9.28. The van der Waals surface area contributed by atoms with Gasteiger partial charge in [0.15, 0.2) is 17.9 Å². The van der Waals surface area contributed by atoms with Gasteiger partial charge >= 0.3 is 0 Å². The molecule has 1 aromatic heterocycles. The van der Waals surface area contributed by atoms with E-state index in [0.29, 0.717) is 25.4 Å². The monoisotopic (exact) mass is 290 g/mol. The van der Waals surface area contributed by atoms with Crippen LogP contribution in [-0.2, 0) is 10.2 Å². The van der Waals surface area contributed by atoms with Gasteiger partial charge in [-0.2, -0.15) is 0 Å². The lowest BCUT2D eigenvalue weighted by molar-refractivity contribution is 0.0978. The largest absolute Gasteiger partial charge is 0.489 e. The van der Waals surface area contributed by atoms with E-state index in [9.17, 15) is 4.79 Å². The third-order valence-corrected chi connectivity index (χ3v) is 4.46. The molecule has 1 fully saturated rings. The molecule has 2 aliphatic rings. The van der Waals surface area contributed by atoms with Gasteiger partial charge in [0, 0.05) is 23.9 Å². The molecular formula is C16H22N2O3. The average Bonchev–Trinajstić information content (AvgIpc) is 2.47. The first-order valence-corrected chi connectivity index (χ1v) is 7.50. The number of morpholine rings is 1. The summed E-state index contributed by atoms with van der Waals surface area (Å²) in [7, 11) is 0. The van der Waals surface area contributed by atoms with Gasteiger partial charge in [-0.3, -0.25) is 4.79 Å². The molecule has 0 aliphatic carbocycles. The quantitative estimate of drug-likeness (QED) is 0.781. The van der Waals surface area contributed by atoms with Crippen LogP contribution in [-0.4, -0.2) is 43.7 Å². The Morgan fingerprint density at radius 3 is 2.95 bits per heavy atom. The Morgan fingerprint density at radius 2 is 2.24 bits per heavy atom. The van der Waals surface area contributed by atoms with Crippen LogP contribution in [0.2, 0.25) is 0 Å². The number of aldehydes is 1. The van der Waals surface area contributed by atoms with Gasteiger partial charge in [0.25, 0.3) is 0 Å². The summed E-state index contributed by atoms with van der Waals surface area (Å²) in [5, 5.41) is 0. The zero-order chi connectivity index (χ0) is 15.0. The minimum Gasteiger partial charge on any atom is -0.489 e. The van der Waals surface area contributed by atoms with Gasteiger partial charge in [0.2, 0.25) is 0 Å². The minimum atomic E-state index is -0.0724. The standard InChI is InChI=1S/C16H22N2O3/c1-11-10-20-7-5-18(11)15-14-13(12(9-19)8-17-15)16(2,3)4-6-21-14/h8-9,11H,4-7,10H2,1-3H3/t11-/m0/s1. The first-order valence-electron chi connectivity index (χ1n) is 7.50. The minimum absolute atomic E-state index is 0.0724. The molecule has 5 nitrogen and oxygen atoms in total. The molecule has 1 atom stereocenters. The Morgan fingerprint density at radius 1 is 1.43 bits per heavy atom. The average molecular weight is 290 g/mol. The van der Waals surface area contributed by atoms with Crippen molar-refractivity contribution >= 4 is 12.1 Å². The van der Waals surface area contributed by atoms with Gasteiger partial charge in [0.1, 0.15) is 0 Å². The van der Waals surface area contributed by atoms with Gasteiger partial charge in [-0.15, -0.1) is 0 Å². The molecule has 114 valence electrons. The fourth-order valence-electron chi connectivity index (χ4n) is 3.20. The van der Waals surface area contributed by atoms with Crippen molar-refractivity contribution in [2.45, 2.75) is 38.6 Å².